The van der Waals surface area contributed by atoms with Crippen LogP contribution in [0.4, 0.5) is 0 Å². The lowest BCUT2D eigenvalue weighted by atomic mass is 10.2. The van der Waals surface area contributed by atoms with Crippen LogP contribution in [-0.2, 0) is 11.2 Å². The van der Waals surface area contributed by atoms with E-state index < -0.39 is 5.97 Å². The Bertz CT molecular complexity index is 522. The SMILES string of the molecule is O=C([O-])CCc1nc(-c2ccc(Cl)cc2)no1. The van der Waals surface area contributed by atoms with Crippen molar-refractivity contribution in [1.82, 2.24) is 10.1 Å². The molecule has 0 spiro atoms. The van der Waals surface area contributed by atoms with E-state index in [0.717, 1.165) is 5.56 Å². The number of halogens is 1. The summed E-state index contributed by atoms with van der Waals surface area (Å²) in [5, 5.41) is 14.6. The van der Waals surface area contributed by atoms with Gasteiger partial charge in [0.05, 0.1) is 0 Å². The number of aryl methyl sites for hydroxylation is 1. The van der Waals surface area contributed by atoms with Crippen LogP contribution in [0.15, 0.2) is 28.8 Å². The normalized spacial score (nSPS) is 10.4. The summed E-state index contributed by atoms with van der Waals surface area (Å²) < 4.78 is 4.91. The van der Waals surface area contributed by atoms with E-state index in [-0.39, 0.29) is 18.7 Å². The molecule has 0 saturated heterocycles. The van der Waals surface area contributed by atoms with Crippen molar-refractivity contribution in [1.29, 1.82) is 0 Å². The van der Waals surface area contributed by atoms with Crippen molar-refractivity contribution in [2.24, 2.45) is 0 Å². The number of aromatic nitrogens is 2. The highest BCUT2D eigenvalue weighted by Crippen LogP contribution is 2.18. The molecule has 5 nitrogen and oxygen atoms in total. The van der Waals surface area contributed by atoms with Crippen molar-refractivity contribution in [3.63, 3.8) is 0 Å². The Morgan fingerprint density at radius 1 is 1.35 bits per heavy atom. The van der Waals surface area contributed by atoms with E-state index in [0.29, 0.717) is 10.8 Å². The first-order valence-electron chi connectivity index (χ1n) is 4.93. The summed E-state index contributed by atoms with van der Waals surface area (Å²) in [6, 6.07) is 6.95. The van der Waals surface area contributed by atoms with Crippen LogP contribution in [0, 0.1) is 0 Å². The summed E-state index contributed by atoms with van der Waals surface area (Å²) in [7, 11) is 0. The second kappa shape index (κ2) is 4.97. The average molecular weight is 252 g/mol. The lowest BCUT2D eigenvalue weighted by Gasteiger charge is -1.96. The molecule has 0 radical (unpaired) electrons. The van der Waals surface area contributed by atoms with Gasteiger partial charge in [-0.15, -0.1) is 0 Å². The van der Waals surface area contributed by atoms with Gasteiger partial charge in [0.25, 0.3) is 0 Å². The predicted octanol–water partition coefficient (Wildman–Crippen LogP) is 1.07. The zero-order valence-electron chi connectivity index (χ0n) is 8.72. The van der Waals surface area contributed by atoms with Crippen LogP contribution in [0.2, 0.25) is 5.02 Å². The molecule has 0 atom stereocenters. The molecule has 0 aliphatic heterocycles. The van der Waals surface area contributed by atoms with Gasteiger partial charge in [0.2, 0.25) is 11.7 Å². The Hall–Kier alpha value is -1.88. The van der Waals surface area contributed by atoms with Gasteiger partial charge in [-0.05, 0) is 30.7 Å². The highest BCUT2D eigenvalue weighted by molar-refractivity contribution is 6.30. The topological polar surface area (TPSA) is 79.0 Å². The number of carbonyl (C=O) groups excluding carboxylic acids is 1. The van der Waals surface area contributed by atoms with E-state index >= 15 is 0 Å². The highest BCUT2D eigenvalue weighted by atomic mass is 35.5. The molecule has 0 bridgehead atoms. The van der Waals surface area contributed by atoms with Crippen LogP contribution < -0.4 is 5.11 Å². The maximum atomic E-state index is 10.3. The Kier molecular flexibility index (Phi) is 3.39. The first-order valence-corrected chi connectivity index (χ1v) is 5.31. The van der Waals surface area contributed by atoms with Crippen LogP contribution in [0.25, 0.3) is 11.4 Å². The number of hydrogen-bond donors (Lipinski definition) is 0. The van der Waals surface area contributed by atoms with E-state index in [9.17, 15) is 9.90 Å². The summed E-state index contributed by atoms with van der Waals surface area (Å²) in [6.45, 7) is 0. The number of benzene rings is 1. The smallest absolute Gasteiger partial charge is 0.227 e. The summed E-state index contributed by atoms with van der Waals surface area (Å²) >= 11 is 5.75. The van der Waals surface area contributed by atoms with Gasteiger partial charge in [0.15, 0.2) is 0 Å². The molecule has 0 aliphatic carbocycles. The van der Waals surface area contributed by atoms with Crippen molar-refractivity contribution < 1.29 is 14.4 Å². The Labute approximate surface area is 102 Å². The van der Waals surface area contributed by atoms with Gasteiger partial charge in [0, 0.05) is 23.0 Å². The van der Waals surface area contributed by atoms with Crippen LogP contribution in [-0.4, -0.2) is 16.1 Å². The molecule has 1 aromatic heterocycles. The van der Waals surface area contributed by atoms with Crippen molar-refractivity contribution >= 4 is 17.6 Å². The van der Waals surface area contributed by atoms with E-state index in [2.05, 4.69) is 10.1 Å². The summed E-state index contributed by atoms with van der Waals surface area (Å²) in [5.41, 5.74) is 0.762. The van der Waals surface area contributed by atoms with Crippen molar-refractivity contribution in [3.05, 3.63) is 35.2 Å². The van der Waals surface area contributed by atoms with E-state index in [4.69, 9.17) is 16.1 Å². The summed E-state index contributed by atoms with van der Waals surface area (Å²) in [4.78, 5) is 14.3. The molecule has 0 N–H and O–H groups in total. The highest BCUT2D eigenvalue weighted by Gasteiger charge is 2.08. The molecule has 1 aromatic carbocycles. The standard InChI is InChI=1S/C11H9ClN2O3/c12-8-3-1-7(2-4-8)11-13-9(17-14-11)5-6-10(15)16/h1-4H,5-6H2,(H,15,16)/p-1. The van der Waals surface area contributed by atoms with Crippen molar-refractivity contribution in [2.45, 2.75) is 12.8 Å². The maximum absolute atomic E-state index is 10.3. The molecule has 1 heterocycles. The minimum atomic E-state index is -1.14. The molecule has 2 aromatic rings. The lowest BCUT2D eigenvalue weighted by Crippen LogP contribution is -2.22. The third-order valence-electron chi connectivity index (χ3n) is 2.11. The van der Waals surface area contributed by atoms with Crippen LogP contribution >= 0.6 is 11.6 Å². The Morgan fingerprint density at radius 3 is 2.71 bits per heavy atom. The lowest BCUT2D eigenvalue weighted by molar-refractivity contribution is -0.305. The molecule has 0 amide bonds. The van der Waals surface area contributed by atoms with Gasteiger partial charge >= 0.3 is 0 Å². The van der Waals surface area contributed by atoms with E-state index in [1.807, 2.05) is 0 Å². The zero-order valence-corrected chi connectivity index (χ0v) is 9.48. The largest absolute Gasteiger partial charge is 0.550 e. The Morgan fingerprint density at radius 2 is 2.06 bits per heavy atom. The fraction of sp³-hybridized carbons (Fsp3) is 0.182. The van der Waals surface area contributed by atoms with E-state index in [1.165, 1.54) is 0 Å². The molecule has 0 saturated carbocycles. The van der Waals surface area contributed by atoms with Gasteiger partial charge in [-0.3, -0.25) is 0 Å². The third kappa shape index (κ3) is 3.04. The van der Waals surface area contributed by atoms with Gasteiger partial charge in [-0.25, -0.2) is 0 Å². The predicted molar refractivity (Wildman–Crippen MR) is 58.1 cm³/mol. The van der Waals surface area contributed by atoms with Crippen LogP contribution in [0.3, 0.4) is 0 Å². The summed E-state index contributed by atoms with van der Waals surface area (Å²) in [5.74, 6) is -0.453. The first kappa shape index (κ1) is 11.6. The molecular formula is C11H8ClN2O3-. The average Bonchev–Trinajstić information content (AvgIpc) is 2.76. The van der Waals surface area contributed by atoms with Gasteiger partial charge < -0.3 is 14.4 Å². The molecule has 2 rings (SSSR count). The van der Waals surface area contributed by atoms with Crippen LogP contribution in [0.5, 0.6) is 0 Å². The molecule has 6 heteroatoms. The number of carboxylic acids is 1. The number of aliphatic carboxylic acids is 1. The van der Waals surface area contributed by atoms with Gasteiger partial charge in [-0.2, -0.15) is 4.98 Å². The quantitative estimate of drug-likeness (QED) is 0.812. The maximum Gasteiger partial charge on any atom is 0.227 e. The monoisotopic (exact) mass is 251 g/mol. The number of rotatable bonds is 4. The molecule has 17 heavy (non-hydrogen) atoms. The van der Waals surface area contributed by atoms with E-state index in [1.54, 1.807) is 24.3 Å². The fourth-order valence-corrected chi connectivity index (χ4v) is 1.41. The minimum absolute atomic E-state index is 0.137. The number of nitrogens with zero attached hydrogens (tertiary/aromatic N) is 2. The number of carbonyl (C=O) groups is 1. The number of hydrogen-bond acceptors (Lipinski definition) is 5. The second-order valence-electron chi connectivity index (χ2n) is 3.39. The fourth-order valence-electron chi connectivity index (χ4n) is 1.28. The Balaban J connectivity index is 2.12. The minimum Gasteiger partial charge on any atom is -0.550 e. The van der Waals surface area contributed by atoms with Gasteiger partial charge in [-0.1, -0.05) is 16.8 Å². The van der Waals surface area contributed by atoms with Crippen molar-refractivity contribution in [3.8, 4) is 11.4 Å². The van der Waals surface area contributed by atoms with Crippen LogP contribution in [0.1, 0.15) is 12.3 Å². The summed E-state index contributed by atoms with van der Waals surface area (Å²) in [6.07, 6.45) is 0.0329. The molecular weight excluding hydrogens is 244 g/mol. The molecule has 88 valence electrons. The van der Waals surface area contributed by atoms with Gasteiger partial charge in [0.1, 0.15) is 0 Å². The molecule has 0 aliphatic rings. The van der Waals surface area contributed by atoms with Crippen molar-refractivity contribution in [2.75, 3.05) is 0 Å². The molecule has 0 unspecified atom stereocenters. The second-order valence-corrected chi connectivity index (χ2v) is 3.83. The third-order valence-corrected chi connectivity index (χ3v) is 2.37. The first-order chi connectivity index (χ1) is 8.15. The zero-order chi connectivity index (χ0) is 12.3. The number of carboxylic acid groups (broad SMARTS) is 1. The molecule has 0 fully saturated rings.